The maximum atomic E-state index is 11.9. The summed E-state index contributed by atoms with van der Waals surface area (Å²) in [6.07, 6.45) is -2.64. The van der Waals surface area contributed by atoms with Crippen LogP contribution in [0.25, 0.3) is 0 Å². The van der Waals surface area contributed by atoms with Gasteiger partial charge >= 0.3 is 5.97 Å². The van der Waals surface area contributed by atoms with E-state index in [-0.39, 0.29) is 5.75 Å². The molecule has 0 unspecified atom stereocenters. The highest BCUT2D eigenvalue weighted by molar-refractivity contribution is 7.80. The Kier molecular flexibility index (Phi) is 8.25. The number of carboxylic acid groups (broad SMARTS) is 1. The van der Waals surface area contributed by atoms with Crippen LogP contribution in [0.15, 0.2) is 0 Å². The molecule has 0 saturated carbocycles. The first-order valence-corrected chi connectivity index (χ1v) is 6.81. The lowest BCUT2D eigenvalue weighted by Crippen LogP contribution is -2.59. The summed E-state index contributed by atoms with van der Waals surface area (Å²) in [6, 6.07) is -3.94. The van der Waals surface area contributed by atoms with Gasteiger partial charge in [-0.25, -0.2) is 4.79 Å². The van der Waals surface area contributed by atoms with Crippen LogP contribution in [0.3, 0.4) is 0 Å². The van der Waals surface area contributed by atoms with Gasteiger partial charge in [-0.3, -0.25) is 9.59 Å². The third-order valence-electron chi connectivity index (χ3n) is 2.64. The molecule has 0 aliphatic heterocycles. The van der Waals surface area contributed by atoms with Crippen molar-refractivity contribution in [3.8, 4) is 0 Å². The van der Waals surface area contributed by atoms with Crippen LogP contribution >= 0.6 is 12.6 Å². The number of aliphatic hydroxyl groups excluding tert-OH is 2. The molecule has 0 aromatic carbocycles. The molecule has 0 aromatic heterocycles. The van der Waals surface area contributed by atoms with Gasteiger partial charge in [-0.1, -0.05) is 0 Å². The van der Waals surface area contributed by atoms with Crippen LogP contribution in [-0.2, 0) is 14.4 Å². The van der Waals surface area contributed by atoms with Crippen molar-refractivity contribution < 1.29 is 29.7 Å². The van der Waals surface area contributed by atoms with E-state index in [9.17, 15) is 24.6 Å². The Balaban J connectivity index is 4.92. The first kappa shape index (κ1) is 19.6. The molecule has 0 rings (SSSR count). The first-order chi connectivity index (χ1) is 9.61. The van der Waals surface area contributed by atoms with E-state index in [2.05, 4.69) is 17.9 Å². The van der Waals surface area contributed by atoms with Crippen molar-refractivity contribution in [3.63, 3.8) is 0 Å². The highest BCUT2D eigenvalue weighted by Gasteiger charge is 2.32. The number of thiol groups is 1. The lowest BCUT2D eigenvalue weighted by atomic mass is 10.1. The number of amides is 2. The number of nitrogens with one attached hydrogen (secondary N) is 2. The van der Waals surface area contributed by atoms with E-state index in [1.165, 1.54) is 13.8 Å². The zero-order valence-corrected chi connectivity index (χ0v) is 12.6. The average Bonchev–Trinajstić information content (AvgIpc) is 2.39. The molecule has 0 saturated heterocycles. The molecular weight excluding hydrogens is 302 g/mol. The molecule has 0 heterocycles. The van der Waals surface area contributed by atoms with Crippen molar-refractivity contribution in [2.24, 2.45) is 5.73 Å². The van der Waals surface area contributed by atoms with E-state index in [0.717, 1.165) is 0 Å². The minimum absolute atomic E-state index is 0.0331. The number of aliphatic hydroxyl groups is 2. The van der Waals surface area contributed by atoms with Crippen molar-refractivity contribution in [3.05, 3.63) is 0 Å². The summed E-state index contributed by atoms with van der Waals surface area (Å²) in [4.78, 5) is 34.4. The van der Waals surface area contributed by atoms with Crippen LogP contribution in [-0.4, -0.2) is 69.2 Å². The largest absolute Gasteiger partial charge is 0.480 e. The minimum Gasteiger partial charge on any atom is -0.480 e. The zero-order valence-electron chi connectivity index (χ0n) is 11.7. The lowest BCUT2D eigenvalue weighted by molar-refractivity contribution is -0.145. The monoisotopic (exact) mass is 323 g/mol. The fourth-order valence-electron chi connectivity index (χ4n) is 1.38. The van der Waals surface area contributed by atoms with Crippen molar-refractivity contribution >= 4 is 30.4 Å². The second-order valence-corrected chi connectivity index (χ2v) is 4.95. The quantitative estimate of drug-likeness (QED) is 0.235. The van der Waals surface area contributed by atoms with Crippen molar-refractivity contribution in [1.82, 2.24) is 10.6 Å². The summed E-state index contributed by atoms with van der Waals surface area (Å²) < 4.78 is 0. The maximum absolute atomic E-state index is 11.9. The molecule has 0 spiro atoms. The van der Waals surface area contributed by atoms with Crippen molar-refractivity contribution in [2.45, 2.75) is 44.2 Å². The summed E-state index contributed by atoms with van der Waals surface area (Å²) in [7, 11) is 0. The standard InChI is InChI=1S/C11H21N3O6S/c1-4(15)7(13-9(17)6(12)3-21)10(18)14-8(5(2)16)11(19)20/h4-8,15-16,21H,3,12H2,1-2H3,(H,13,17)(H,14,18)(H,19,20)/t4-,5-,6+,7+,8+/m1/s1. The molecule has 21 heavy (non-hydrogen) atoms. The Hall–Kier alpha value is -1.36. The molecule has 5 atom stereocenters. The SMILES string of the molecule is C[C@@H](O)[C@H](NC(=O)[C@@H](NC(=O)[C@@H](N)CS)[C@@H](C)O)C(=O)O. The Morgan fingerprint density at radius 1 is 1.05 bits per heavy atom. The van der Waals surface area contributed by atoms with Gasteiger partial charge < -0.3 is 31.7 Å². The number of aliphatic carboxylic acids is 1. The van der Waals surface area contributed by atoms with Crippen LogP contribution in [0.1, 0.15) is 13.8 Å². The molecule has 10 heteroatoms. The Morgan fingerprint density at radius 3 is 1.81 bits per heavy atom. The summed E-state index contributed by atoms with van der Waals surface area (Å²) in [5, 5.41) is 31.9. The molecule has 7 N–H and O–H groups in total. The number of hydrogen-bond acceptors (Lipinski definition) is 7. The van der Waals surface area contributed by atoms with Gasteiger partial charge in [-0.05, 0) is 13.8 Å². The Labute approximate surface area is 127 Å². The minimum atomic E-state index is -1.56. The number of rotatable bonds is 8. The molecule has 0 radical (unpaired) electrons. The number of carbonyl (C=O) groups excluding carboxylic acids is 2. The number of carboxylic acids is 1. The van der Waals surface area contributed by atoms with Gasteiger partial charge in [-0.2, -0.15) is 12.6 Å². The zero-order chi connectivity index (χ0) is 16.7. The predicted octanol–water partition coefficient (Wildman–Crippen LogP) is -2.94. The van der Waals surface area contributed by atoms with Gasteiger partial charge in [0.05, 0.1) is 18.2 Å². The second-order valence-electron chi connectivity index (χ2n) is 4.58. The summed E-state index contributed by atoms with van der Waals surface area (Å²) in [5.41, 5.74) is 5.43. The normalized spacial score (nSPS) is 18.0. The molecule has 2 amide bonds. The van der Waals surface area contributed by atoms with Gasteiger partial charge in [0, 0.05) is 5.75 Å². The molecule has 0 aromatic rings. The van der Waals surface area contributed by atoms with Crippen molar-refractivity contribution in [1.29, 1.82) is 0 Å². The second kappa shape index (κ2) is 8.82. The first-order valence-electron chi connectivity index (χ1n) is 6.17. The van der Waals surface area contributed by atoms with E-state index < -0.39 is 48.1 Å². The highest BCUT2D eigenvalue weighted by Crippen LogP contribution is 1.99. The summed E-state index contributed by atoms with van der Waals surface area (Å²) in [6.45, 7) is 2.43. The van der Waals surface area contributed by atoms with Crippen molar-refractivity contribution in [2.75, 3.05) is 5.75 Å². The van der Waals surface area contributed by atoms with E-state index in [0.29, 0.717) is 0 Å². The third-order valence-corrected chi connectivity index (χ3v) is 3.04. The van der Waals surface area contributed by atoms with Gasteiger partial charge in [0.25, 0.3) is 0 Å². The Bertz CT molecular complexity index is 390. The van der Waals surface area contributed by atoms with E-state index in [1.54, 1.807) is 0 Å². The highest BCUT2D eigenvalue weighted by atomic mass is 32.1. The van der Waals surface area contributed by atoms with Gasteiger partial charge in [0.15, 0.2) is 6.04 Å². The topological polar surface area (TPSA) is 162 Å². The van der Waals surface area contributed by atoms with Gasteiger partial charge in [0.1, 0.15) is 6.04 Å². The van der Waals surface area contributed by atoms with Crippen LogP contribution in [0.5, 0.6) is 0 Å². The molecule has 0 fully saturated rings. The fraction of sp³-hybridized carbons (Fsp3) is 0.727. The smallest absolute Gasteiger partial charge is 0.328 e. The predicted molar refractivity (Wildman–Crippen MR) is 76.7 cm³/mol. The molecule has 9 nitrogen and oxygen atoms in total. The maximum Gasteiger partial charge on any atom is 0.328 e. The van der Waals surface area contributed by atoms with Crippen LogP contribution < -0.4 is 16.4 Å². The number of nitrogens with two attached hydrogens (primary N) is 1. The molecule has 0 aliphatic carbocycles. The number of hydrogen-bond donors (Lipinski definition) is 7. The van der Waals surface area contributed by atoms with Gasteiger partial charge in [0.2, 0.25) is 11.8 Å². The van der Waals surface area contributed by atoms with E-state index in [4.69, 9.17) is 10.8 Å². The average molecular weight is 323 g/mol. The molecular formula is C11H21N3O6S. The molecule has 0 bridgehead atoms. The van der Waals surface area contributed by atoms with Crippen LogP contribution in [0, 0.1) is 0 Å². The van der Waals surface area contributed by atoms with Crippen LogP contribution in [0.4, 0.5) is 0 Å². The van der Waals surface area contributed by atoms with Crippen LogP contribution in [0.2, 0.25) is 0 Å². The lowest BCUT2D eigenvalue weighted by Gasteiger charge is -2.25. The fourth-order valence-corrected chi connectivity index (χ4v) is 1.55. The van der Waals surface area contributed by atoms with E-state index >= 15 is 0 Å². The van der Waals surface area contributed by atoms with E-state index in [1.807, 2.05) is 5.32 Å². The molecule has 122 valence electrons. The Morgan fingerprint density at radius 2 is 1.48 bits per heavy atom. The molecule has 0 aliphatic rings. The summed E-state index contributed by atoms with van der Waals surface area (Å²) >= 11 is 3.83. The van der Waals surface area contributed by atoms with Gasteiger partial charge in [-0.15, -0.1) is 0 Å². The third kappa shape index (κ3) is 6.29. The number of carbonyl (C=O) groups is 3. The summed E-state index contributed by atoms with van der Waals surface area (Å²) in [5.74, 6) is -3.07.